The number of rotatable bonds is 1. The Hall–Kier alpha value is -3.83. The molecule has 0 bridgehead atoms. The third kappa shape index (κ3) is 3.44. The van der Waals surface area contributed by atoms with E-state index in [1.54, 1.807) is 36.5 Å². The Morgan fingerprint density at radius 3 is 2.74 bits per heavy atom. The lowest BCUT2D eigenvalue weighted by Crippen LogP contribution is -2.08. The second-order valence-corrected chi connectivity index (χ2v) is 5.68. The third-order valence-corrected chi connectivity index (χ3v) is 3.78. The lowest BCUT2D eigenvalue weighted by atomic mass is 10.1. The molecule has 4 aromatic rings. The summed E-state index contributed by atoms with van der Waals surface area (Å²) < 4.78 is 0.913. The highest BCUT2D eigenvalue weighted by Crippen LogP contribution is 2.16. The van der Waals surface area contributed by atoms with Crippen LogP contribution in [0, 0.1) is 11.8 Å². The van der Waals surface area contributed by atoms with Crippen LogP contribution in [0.4, 0.5) is 4.79 Å². The van der Waals surface area contributed by atoms with Crippen molar-refractivity contribution in [2.75, 3.05) is 0 Å². The third-order valence-electron chi connectivity index (χ3n) is 3.59. The zero-order valence-corrected chi connectivity index (χ0v) is 14.3. The van der Waals surface area contributed by atoms with E-state index in [-0.39, 0.29) is 5.28 Å². The van der Waals surface area contributed by atoms with Gasteiger partial charge in [-0.1, -0.05) is 5.92 Å². The van der Waals surface area contributed by atoms with Crippen molar-refractivity contribution < 1.29 is 9.90 Å². The van der Waals surface area contributed by atoms with Crippen molar-refractivity contribution in [3.05, 3.63) is 65.5 Å². The predicted octanol–water partition coefficient (Wildman–Crippen LogP) is 2.86. The lowest BCUT2D eigenvalue weighted by molar-refractivity contribution is 0.194. The monoisotopic (exact) mass is 376 g/mol. The van der Waals surface area contributed by atoms with Gasteiger partial charge in [0.05, 0.1) is 11.7 Å². The van der Waals surface area contributed by atoms with Gasteiger partial charge in [0, 0.05) is 23.3 Å². The van der Waals surface area contributed by atoms with Crippen LogP contribution in [-0.2, 0) is 0 Å². The molecule has 0 aliphatic heterocycles. The Morgan fingerprint density at radius 2 is 1.93 bits per heavy atom. The molecule has 27 heavy (non-hydrogen) atoms. The molecule has 1 N–H and O–H groups in total. The van der Waals surface area contributed by atoms with E-state index < -0.39 is 6.09 Å². The molecule has 4 rings (SSSR count). The largest absolute Gasteiger partial charge is 0.463 e. The Labute approximate surface area is 157 Å². The van der Waals surface area contributed by atoms with Crippen LogP contribution >= 0.6 is 11.6 Å². The molecular weight excluding hydrogens is 368 g/mol. The van der Waals surface area contributed by atoms with Crippen molar-refractivity contribution in [1.29, 1.82) is 0 Å². The standard InChI is InChI=1S/C18H9ClN6O2/c19-17-21-8-6-14(24-17)16-20-7-5-13(23-16)3-1-11-2-4-15-12(9-11)10-22-25(15)18(26)27/h2,4-10H,(H,26,27). The van der Waals surface area contributed by atoms with Crippen molar-refractivity contribution in [3.63, 3.8) is 0 Å². The highest BCUT2D eigenvalue weighted by Gasteiger charge is 2.08. The van der Waals surface area contributed by atoms with E-state index in [9.17, 15) is 4.79 Å². The molecule has 1 aromatic carbocycles. The molecular formula is C18H9ClN6O2. The summed E-state index contributed by atoms with van der Waals surface area (Å²) in [6, 6.07) is 8.49. The number of fused-ring (bicyclic) bond motifs is 1. The maximum Gasteiger partial charge on any atom is 0.432 e. The summed E-state index contributed by atoms with van der Waals surface area (Å²) in [6.45, 7) is 0. The summed E-state index contributed by atoms with van der Waals surface area (Å²) in [5.74, 6) is 6.35. The Balaban J connectivity index is 1.66. The van der Waals surface area contributed by atoms with Gasteiger partial charge in [0.15, 0.2) is 5.82 Å². The Kier molecular flexibility index (Phi) is 4.20. The number of aromatic nitrogens is 6. The summed E-state index contributed by atoms with van der Waals surface area (Å²) >= 11 is 5.80. The van der Waals surface area contributed by atoms with E-state index in [1.165, 1.54) is 12.4 Å². The maximum atomic E-state index is 11.1. The van der Waals surface area contributed by atoms with Crippen LogP contribution in [-0.4, -0.2) is 40.9 Å². The second kappa shape index (κ2) is 6.82. The first kappa shape index (κ1) is 16.6. The number of carbonyl (C=O) groups is 1. The normalized spacial score (nSPS) is 10.4. The van der Waals surface area contributed by atoms with Crippen LogP contribution < -0.4 is 0 Å². The summed E-state index contributed by atoms with van der Waals surface area (Å²) in [6.07, 6.45) is 3.46. The molecule has 0 aliphatic carbocycles. The van der Waals surface area contributed by atoms with Crippen LogP contribution in [0.15, 0.2) is 48.9 Å². The number of halogens is 1. The maximum absolute atomic E-state index is 11.1. The van der Waals surface area contributed by atoms with Crippen molar-refractivity contribution in [2.24, 2.45) is 0 Å². The van der Waals surface area contributed by atoms with Gasteiger partial charge in [-0.15, -0.1) is 0 Å². The van der Waals surface area contributed by atoms with Crippen molar-refractivity contribution in [1.82, 2.24) is 29.7 Å². The summed E-state index contributed by atoms with van der Waals surface area (Å²) in [5.41, 5.74) is 2.22. The van der Waals surface area contributed by atoms with Gasteiger partial charge in [0.25, 0.3) is 0 Å². The Morgan fingerprint density at radius 1 is 1.07 bits per heavy atom. The van der Waals surface area contributed by atoms with Gasteiger partial charge in [-0.3, -0.25) is 0 Å². The fourth-order valence-corrected chi connectivity index (χ4v) is 2.56. The van der Waals surface area contributed by atoms with Crippen molar-refractivity contribution in [2.45, 2.75) is 0 Å². The van der Waals surface area contributed by atoms with E-state index in [4.69, 9.17) is 16.7 Å². The SMILES string of the molecule is O=C(O)n1ncc2cc(C#Cc3ccnc(-c4ccnc(Cl)n4)n3)ccc21. The molecule has 0 amide bonds. The number of carboxylic acid groups (broad SMARTS) is 1. The molecule has 0 radical (unpaired) electrons. The van der Waals surface area contributed by atoms with Crippen LogP contribution in [0.25, 0.3) is 22.4 Å². The van der Waals surface area contributed by atoms with E-state index in [0.717, 1.165) is 4.68 Å². The molecule has 0 unspecified atom stereocenters. The van der Waals surface area contributed by atoms with E-state index in [2.05, 4.69) is 36.9 Å². The van der Waals surface area contributed by atoms with Crippen molar-refractivity contribution >= 4 is 28.6 Å². The zero-order valence-electron chi connectivity index (χ0n) is 13.5. The summed E-state index contributed by atoms with van der Waals surface area (Å²) in [5, 5.41) is 13.7. The van der Waals surface area contributed by atoms with E-state index in [1.807, 2.05) is 0 Å². The molecule has 0 atom stereocenters. The number of hydrogen-bond donors (Lipinski definition) is 1. The number of nitrogens with zero attached hydrogens (tertiary/aromatic N) is 6. The summed E-state index contributed by atoms with van der Waals surface area (Å²) in [7, 11) is 0. The summed E-state index contributed by atoms with van der Waals surface area (Å²) in [4.78, 5) is 27.5. The van der Waals surface area contributed by atoms with Crippen molar-refractivity contribution in [3.8, 4) is 23.4 Å². The average Bonchev–Trinajstić information content (AvgIpc) is 3.10. The van der Waals surface area contributed by atoms with Gasteiger partial charge in [-0.25, -0.2) is 24.7 Å². The first-order valence-electron chi connectivity index (χ1n) is 7.65. The lowest BCUT2D eigenvalue weighted by Gasteiger charge is -1.99. The number of hydrogen-bond acceptors (Lipinski definition) is 6. The smallest absolute Gasteiger partial charge is 0.432 e. The predicted molar refractivity (Wildman–Crippen MR) is 97.2 cm³/mol. The Bertz CT molecular complexity index is 1240. The minimum Gasteiger partial charge on any atom is -0.463 e. The van der Waals surface area contributed by atoms with Gasteiger partial charge in [0.2, 0.25) is 5.28 Å². The molecule has 130 valence electrons. The molecule has 0 fully saturated rings. The van der Waals surface area contributed by atoms with Gasteiger partial charge in [-0.05, 0) is 47.9 Å². The minimum absolute atomic E-state index is 0.114. The van der Waals surface area contributed by atoms with Gasteiger partial charge in [-0.2, -0.15) is 9.78 Å². The molecule has 3 aromatic heterocycles. The van der Waals surface area contributed by atoms with Crippen LogP contribution in [0.3, 0.4) is 0 Å². The van der Waals surface area contributed by atoms with Gasteiger partial charge in [0.1, 0.15) is 11.4 Å². The molecule has 9 heteroatoms. The first-order valence-corrected chi connectivity index (χ1v) is 8.03. The van der Waals surface area contributed by atoms with Crippen LogP contribution in [0.1, 0.15) is 11.3 Å². The average molecular weight is 377 g/mol. The van der Waals surface area contributed by atoms with Gasteiger partial charge >= 0.3 is 6.09 Å². The van der Waals surface area contributed by atoms with E-state index in [0.29, 0.717) is 33.7 Å². The zero-order chi connectivity index (χ0) is 18.8. The quantitative estimate of drug-likeness (QED) is 0.402. The van der Waals surface area contributed by atoms with Gasteiger partial charge < -0.3 is 5.11 Å². The first-order chi connectivity index (χ1) is 13.1. The molecule has 8 nitrogen and oxygen atoms in total. The topological polar surface area (TPSA) is 107 Å². The molecule has 0 saturated heterocycles. The van der Waals surface area contributed by atoms with Crippen LogP contribution in [0.2, 0.25) is 5.28 Å². The fraction of sp³-hybridized carbons (Fsp3) is 0. The van der Waals surface area contributed by atoms with E-state index >= 15 is 0 Å². The molecule has 3 heterocycles. The highest BCUT2D eigenvalue weighted by molar-refractivity contribution is 6.28. The fourth-order valence-electron chi connectivity index (χ4n) is 2.41. The molecule has 0 spiro atoms. The second-order valence-electron chi connectivity index (χ2n) is 5.34. The number of benzene rings is 1. The highest BCUT2D eigenvalue weighted by atomic mass is 35.5. The molecule has 0 aliphatic rings. The minimum atomic E-state index is -1.14. The van der Waals surface area contributed by atoms with Crippen LogP contribution in [0.5, 0.6) is 0 Å². The molecule has 0 saturated carbocycles.